The van der Waals surface area contributed by atoms with Crippen molar-refractivity contribution >= 4 is 50.9 Å². The van der Waals surface area contributed by atoms with Gasteiger partial charge in [-0.2, -0.15) is 9.88 Å². The van der Waals surface area contributed by atoms with E-state index in [4.69, 9.17) is 34.1 Å². The molecule has 110 valence electrons. The van der Waals surface area contributed by atoms with Crippen molar-refractivity contribution in [2.75, 3.05) is 4.78 Å². The minimum atomic E-state index is -3.68. The van der Waals surface area contributed by atoms with Gasteiger partial charge < -0.3 is 0 Å². The maximum atomic E-state index is 12.0. The molecule has 3 nitrogen and oxygen atoms in total. The molecule has 0 atom stereocenters. The Kier molecular flexibility index (Phi) is 5.34. The van der Waals surface area contributed by atoms with E-state index in [1.165, 1.54) is 0 Å². The zero-order chi connectivity index (χ0) is 15.5. The second-order valence-corrected chi connectivity index (χ2v) is 9.19. The van der Waals surface area contributed by atoms with Crippen LogP contribution in [-0.2, 0) is 4.57 Å². The predicted octanol–water partition coefficient (Wildman–Crippen LogP) is 5.99. The summed E-state index contributed by atoms with van der Waals surface area (Å²) in [6.07, 6.45) is 0. The van der Waals surface area contributed by atoms with Gasteiger partial charge in [0.05, 0.1) is 5.69 Å². The van der Waals surface area contributed by atoms with Gasteiger partial charge in [0.25, 0.3) is 0 Å². The van der Waals surface area contributed by atoms with Crippen LogP contribution in [0.2, 0.25) is 0 Å². The monoisotopic (exact) mass is 360 g/mol. The van der Waals surface area contributed by atoms with Crippen LogP contribution >= 0.6 is 40.1 Å². The van der Waals surface area contributed by atoms with Crippen LogP contribution in [0, 0.1) is 6.92 Å². The van der Waals surface area contributed by atoms with E-state index in [1.807, 2.05) is 37.3 Å². The first-order valence-electron chi connectivity index (χ1n) is 6.04. The van der Waals surface area contributed by atoms with Crippen LogP contribution in [0.25, 0.3) is 0 Å². The summed E-state index contributed by atoms with van der Waals surface area (Å²) in [4.78, 5) is 0. The Bertz CT molecular complexity index is 683. The second kappa shape index (κ2) is 6.85. The Morgan fingerprint density at radius 3 is 2.14 bits per heavy atom. The van der Waals surface area contributed by atoms with Gasteiger partial charge in [0.2, 0.25) is 0 Å². The average molecular weight is 362 g/mol. The molecule has 2 aromatic rings. The number of nitrogens with zero attached hydrogens (tertiary/aromatic N) is 2. The molecule has 0 N–H and O–H groups in total. The Balaban J connectivity index is 2.41. The third-order valence-corrected chi connectivity index (χ3v) is 4.59. The first-order valence-corrected chi connectivity index (χ1v) is 9.89. The Labute approximate surface area is 138 Å². The van der Waals surface area contributed by atoms with E-state index in [2.05, 4.69) is 5.10 Å². The Hall–Kier alpha value is -0.990. The highest BCUT2D eigenvalue weighted by Gasteiger charge is 2.26. The zero-order valence-electron chi connectivity index (χ0n) is 11.1. The number of halogens is 3. The van der Waals surface area contributed by atoms with Crippen LogP contribution in [-0.4, -0.2) is 5.17 Å². The lowest BCUT2D eigenvalue weighted by molar-refractivity contribution is 0.590. The highest BCUT2D eigenvalue weighted by atomic mass is 35.9. The van der Waals surface area contributed by atoms with Gasteiger partial charge in [0, 0.05) is 5.56 Å². The number of benzene rings is 2. The Morgan fingerprint density at radius 1 is 1.05 bits per heavy atom. The molecule has 0 heterocycles. The summed E-state index contributed by atoms with van der Waals surface area (Å²) >= 11 is 17.7. The van der Waals surface area contributed by atoms with Crippen LogP contribution in [0.1, 0.15) is 11.1 Å². The lowest BCUT2D eigenvalue weighted by atomic mass is 10.2. The largest absolute Gasteiger partial charge is 0.365 e. The first-order chi connectivity index (χ1) is 9.88. The van der Waals surface area contributed by atoms with Crippen molar-refractivity contribution in [3.8, 4) is 0 Å². The van der Waals surface area contributed by atoms with E-state index in [9.17, 15) is 4.57 Å². The molecule has 0 fully saturated rings. The standard InChI is InChI=1S/C14H12Cl3N2OP/c1-11-7-9-12(10-8-11)14(15)18-19(21(16,17)20)13-5-3-2-4-6-13/h2-10H,1H3. The normalized spacial score (nSPS) is 12.3. The number of hydrogen-bond donors (Lipinski definition) is 0. The van der Waals surface area contributed by atoms with Gasteiger partial charge in [0.1, 0.15) is 0 Å². The van der Waals surface area contributed by atoms with Crippen LogP contribution in [0.5, 0.6) is 0 Å². The van der Waals surface area contributed by atoms with Crippen LogP contribution in [0.3, 0.4) is 0 Å². The molecule has 2 aromatic carbocycles. The summed E-state index contributed by atoms with van der Waals surface area (Å²) in [6.45, 7) is 1.97. The van der Waals surface area contributed by atoms with Crippen molar-refractivity contribution in [1.82, 2.24) is 0 Å². The number of para-hydroxylation sites is 1. The van der Waals surface area contributed by atoms with Crippen LogP contribution in [0.15, 0.2) is 59.7 Å². The van der Waals surface area contributed by atoms with Gasteiger partial charge in [-0.1, -0.05) is 59.6 Å². The van der Waals surface area contributed by atoms with Gasteiger partial charge in [-0.05, 0) is 41.5 Å². The molecule has 2 rings (SSSR count). The summed E-state index contributed by atoms with van der Waals surface area (Å²) in [5, 5.41) is 4.26. The molecule has 0 spiro atoms. The minimum Gasteiger partial charge on any atom is -0.262 e. The van der Waals surface area contributed by atoms with E-state index >= 15 is 0 Å². The van der Waals surface area contributed by atoms with Gasteiger partial charge in [-0.25, -0.2) is 0 Å². The van der Waals surface area contributed by atoms with E-state index in [-0.39, 0.29) is 5.17 Å². The topological polar surface area (TPSA) is 32.7 Å². The van der Waals surface area contributed by atoms with Crippen molar-refractivity contribution in [3.63, 3.8) is 0 Å². The molecule has 0 radical (unpaired) electrons. The smallest absolute Gasteiger partial charge is 0.262 e. The van der Waals surface area contributed by atoms with E-state index in [1.54, 1.807) is 24.3 Å². The molecule has 0 saturated heterocycles. The van der Waals surface area contributed by atoms with Crippen molar-refractivity contribution in [3.05, 3.63) is 65.7 Å². The summed E-state index contributed by atoms with van der Waals surface area (Å²) in [6, 6.07) is 16.2. The lowest BCUT2D eigenvalue weighted by Crippen LogP contribution is -2.10. The molecule has 0 bridgehead atoms. The molecule has 7 heteroatoms. The number of rotatable bonds is 4. The van der Waals surface area contributed by atoms with Crippen molar-refractivity contribution in [1.29, 1.82) is 0 Å². The Morgan fingerprint density at radius 2 is 1.62 bits per heavy atom. The summed E-state index contributed by atoms with van der Waals surface area (Å²) in [5.74, 6) is -3.68. The molecule has 0 amide bonds. The van der Waals surface area contributed by atoms with Crippen LogP contribution < -0.4 is 4.78 Å². The fourth-order valence-corrected chi connectivity index (χ4v) is 3.21. The highest BCUT2D eigenvalue weighted by molar-refractivity contribution is 8.09. The fraction of sp³-hybridized carbons (Fsp3) is 0.0714. The fourth-order valence-electron chi connectivity index (χ4n) is 1.64. The summed E-state index contributed by atoms with van der Waals surface area (Å²) in [5.41, 5.74) is 2.28. The molecule has 0 aliphatic carbocycles. The summed E-state index contributed by atoms with van der Waals surface area (Å²) in [7, 11) is 0. The lowest BCUT2D eigenvalue weighted by Gasteiger charge is -2.20. The SMILES string of the molecule is Cc1ccc(C(Cl)=NN(c2ccccc2)P(=O)(Cl)Cl)cc1. The zero-order valence-corrected chi connectivity index (χ0v) is 14.2. The second-order valence-electron chi connectivity index (χ2n) is 4.32. The molecule has 0 aliphatic rings. The number of aryl methyl sites for hydroxylation is 1. The van der Waals surface area contributed by atoms with Crippen molar-refractivity contribution < 1.29 is 4.57 Å². The predicted molar refractivity (Wildman–Crippen MR) is 91.8 cm³/mol. The van der Waals surface area contributed by atoms with E-state index < -0.39 is 6.00 Å². The molecule has 0 saturated carbocycles. The van der Waals surface area contributed by atoms with E-state index in [0.717, 1.165) is 10.3 Å². The maximum Gasteiger partial charge on any atom is 0.365 e. The first kappa shape index (κ1) is 16.4. The highest BCUT2D eigenvalue weighted by Crippen LogP contribution is 2.61. The minimum absolute atomic E-state index is 0.153. The van der Waals surface area contributed by atoms with Gasteiger partial charge >= 0.3 is 6.00 Å². The molecule has 0 unspecified atom stereocenters. The number of anilines is 1. The maximum absolute atomic E-state index is 12.0. The number of hydrazone groups is 1. The van der Waals surface area contributed by atoms with Gasteiger partial charge in [-0.15, -0.1) is 0 Å². The molecular formula is C14H12Cl3N2OP. The van der Waals surface area contributed by atoms with Gasteiger partial charge in [-0.3, -0.25) is 4.57 Å². The molecule has 0 aliphatic heterocycles. The van der Waals surface area contributed by atoms with E-state index in [0.29, 0.717) is 11.3 Å². The summed E-state index contributed by atoms with van der Waals surface area (Å²) < 4.78 is 13.1. The third kappa shape index (κ3) is 4.49. The molecule has 21 heavy (non-hydrogen) atoms. The average Bonchev–Trinajstić information content (AvgIpc) is 2.45. The quantitative estimate of drug-likeness (QED) is 0.381. The molecule has 0 aromatic heterocycles. The third-order valence-electron chi connectivity index (χ3n) is 2.68. The molecular weight excluding hydrogens is 350 g/mol. The van der Waals surface area contributed by atoms with Crippen molar-refractivity contribution in [2.45, 2.75) is 6.92 Å². The van der Waals surface area contributed by atoms with Crippen molar-refractivity contribution in [2.24, 2.45) is 5.10 Å². The number of hydrogen-bond acceptors (Lipinski definition) is 2. The van der Waals surface area contributed by atoms with Gasteiger partial charge in [0.15, 0.2) is 5.17 Å². The van der Waals surface area contributed by atoms with Crippen LogP contribution in [0.4, 0.5) is 5.69 Å².